The Labute approximate surface area is 139 Å². The van der Waals surface area contributed by atoms with E-state index in [9.17, 15) is 14.7 Å². The number of unbranched alkanes of at least 4 members (excludes halogenated alkanes) is 8. The Morgan fingerprint density at radius 2 is 1.26 bits per heavy atom. The van der Waals surface area contributed by atoms with E-state index in [2.05, 4.69) is 12.2 Å². The fourth-order valence-electron chi connectivity index (χ4n) is 2.43. The van der Waals surface area contributed by atoms with Crippen LogP contribution >= 0.6 is 0 Å². The van der Waals surface area contributed by atoms with E-state index in [1.807, 2.05) is 0 Å². The second kappa shape index (κ2) is 15.5. The summed E-state index contributed by atoms with van der Waals surface area (Å²) in [4.78, 5) is 20.7. The molecular formula is C18H32O5. The molecule has 0 aromatic heterocycles. The number of allylic oxidation sites excluding steroid dienone is 2. The number of hydrogen-bond acceptors (Lipinski definition) is 3. The summed E-state index contributed by atoms with van der Waals surface area (Å²) in [6, 6.07) is 0. The predicted octanol–water partition coefficient (Wildman–Crippen LogP) is 4.14. The second-order valence-electron chi connectivity index (χ2n) is 6.06. The lowest BCUT2D eigenvalue weighted by atomic mass is 10.1. The highest BCUT2D eigenvalue weighted by Crippen LogP contribution is 2.10. The molecule has 0 heterocycles. The van der Waals surface area contributed by atoms with Crippen LogP contribution in [0.15, 0.2) is 12.2 Å². The van der Waals surface area contributed by atoms with Gasteiger partial charge in [-0.05, 0) is 38.5 Å². The molecule has 23 heavy (non-hydrogen) atoms. The summed E-state index contributed by atoms with van der Waals surface area (Å²) in [6.45, 7) is 0. The number of hydrogen-bond donors (Lipinski definition) is 3. The van der Waals surface area contributed by atoms with Gasteiger partial charge >= 0.3 is 11.9 Å². The standard InChI is InChI=1S/C18H32O5/c19-16(15-18(22)23)13-11-9-7-5-3-1-2-4-6-8-10-12-14-17(20)21/h1,3,16,19H,2,4-15H2,(H,20,21)(H,22,23)/b3-1+. The summed E-state index contributed by atoms with van der Waals surface area (Å²) in [6.07, 6.45) is 14.7. The second-order valence-corrected chi connectivity index (χ2v) is 6.06. The smallest absolute Gasteiger partial charge is 0.305 e. The van der Waals surface area contributed by atoms with Crippen LogP contribution in [0.25, 0.3) is 0 Å². The van der Waals surface area contributed by atoms with Crippen LogP contribution in [0.5, 0.6) is 0 Å². The van der Waals surface area contributed by atoms with E-state index in [4.69, 9.17) is 10.2 Å². The molecular weight excluding hydrogens is 296 g/mol. The minimum atomic E-state index is -0.942. The summed E-state index contributed by atoms with van der Waals surface area (Å²) >= 11 is 0. The van der Waals surface area contributed by atoms with Crippen molar-refractivity contribution < 1.29 is 24.9 Å². The monoisotopic (exact) mass is 328 g/mol. The van der Waals surface area contributed by atoms with E-state index in [1.54, 1.807) is 0 Å². The Hall–Kier alpha value is -1.36. The van der Waals surface area contributed by atoms with Crippen LogP contribution in [0.4, 0.5) is 0 Å². The largest absolute Gasteiger partial charge is 0.481 e. The molecule has 1 atom stereocenters. The predicted molar refractivity (Wildman–Crippen MR) is 90.4 cm³/mol. The molecule has 5 nitrogen and oxygen atoms in total. The lowest BCUT2D eigenvalue weighted by Crippen LogP contribution is -2.12. The van der Waals surface area contributed by atoms with Gasteiger partial charge < -0.3 is 15.3 Å². The third kappa shape index (κ3) is 18.6. The van der Waals surface area contributed by atoms with Gasteiger partial charge in [-0.3, -0.25) is 9.59 Å². The first-order valence-corrected chi connectivity index (χ1v) is 8.79. The van der Waals surface area contributed by atoms with Crippen molar-refractivity contribution in [3.8, 4) is 0 Å². The fraction of sp³-hybridized carbons (Fsp3) is 0.778. The van der Waals surface area contributed by atoms with Crippen LogP contribution in [-0.2, 0) is 9.59 Å². The first kappa shape index (κ1) is 21.6. The SMILES string of the molecule is O=C(O)CCCCCCC/C=C/CCCCCC(O)CC(=O)O. The van der Waals surface area contributed by atoms with Gasteiger partial charge in [0.05, 0.1) is 12.5 Å². The average Bonchev–Trinajstić information content (AvgIpc) is 2.46. The molecule has 0 amide bonds. The molecule has 0 rings (SSSR count). The molecule has 0 spiro atoms. The van der Waals surface area contributed by atoms with Gasteiger partial charge in [0.15, 0.2) is 0 Å². The Balaban J connectivity index is 3.23. The maximum Gasteiger partial charge on any atom is 0.305 e. The van der Waals surface area contributed by atoms with Crippen molar-refractivity contribution in [2.75, 3.05) is 0 Å². The first-order chi connectivity index (χ1) is 11.0. The molecule has 0 bridgehead atoms. The highest BCUT2D eigenvalue weighted by Gasteiger charge is 2.08. The molecule has 0 saturated heterocycles. The Kier molecular flexibility index (Phi) is 14.6. The van der Waals surface area contributed by atoms with E-state index < -0.39 is 18.0 Å². The molecule has 0 radical (unpaired) electrons. The summed E-state index contributed by atoms with van der Waals surface area (Å²) in [5, 5.41) is 26.4. The van der Waals surface area contributed by atoms with Crippen LogP contribution in [0, 0.1) is 0 Å². The van der Waals surface area contributed by atoms with Crippen molar-refractivity contribution in [1.82, 2.24) is 0 Å². The van der Waals surface area contributed by atoms with Crippen LogP contribution in [0.1, 0.15) is 83.5 Å². The highest BCUT2D eigenvalue weighted by molar-refractivity contribution is 5.67. The van der Waals surface area contributed by atoms with Crippen molar-refractivity contribution in [3.63, 3.8) is 0 Å². The average molecular weight is 328 g/mol. The minimum absolute atomic E-state index is 0.157. The van der Waals surface area contributed by atoms with Gasteiger partial charge in [-0.15, -0.1) is 0 Å². The van der Waals surface area contributed by atoms with E-state index in [-0.39, 0.29) is 12.8 Å². The zero-order valence-electron chi connectivity index (χ0n) is 14.1. The fourth-order valence-corrected chi connectivity index (χ4v) is 2.43. The lowest BCUT2D eigenvalue weighted by molar-refractivity contribution is -0.139. The molecule has 3 N–H and O–H groups in total. The number of carboxylic acid groups (broad SMARTS) is 2. The highest BCUT2D eigenvalue weighted by atomic mass is 16.4. The van der Waals surface area contributed by atoms with Crippen LogP contribution in [0.2, 0.25) is 0 Å². The molecule has 134 valence electrons. The summed E-state index contributed by atoms with van der Waals surface area (Å²) in [7, 11) is 0. The van der Waals surface area contributed by atoms with Crippen LogP contribution < -0.4 is 0 Å². The van der Waals surface area contributed by atoms with Gasteiger partial charge in [0.2, 0.25) is 0 Å². The summed E-state index contributed by atoms with van der Waals surface area (Å²) < 4.78 is 0. The quantitative estimate of drug-likeness (QED) is 0.292. The van der Waals surface area contributed by atoms with Crippen molar-refractivity contribution in [3.05, 3.63) is 12.2 Å². The normalized spacial score (nSPS) is 12.6. The zero-order valence-corrected chi connectivity index (χ0v) is 14.1. The van der Waals surface area contributed by atoms with Crippen LogP contribution in [0.3, 0.4) is 0 Å². The molecule has 1 unspecified atom stereocenters. The lowest BCUT2D eigenvalue weighted by Gasteiger charge is -2.06. The number of rotatable bonds is 16. The van der Waals surface area contributed by atoms with E-state index in [0.29, 0.717) is 6.42 Å². The van der Waals surface area contributed by atoms with Crippen molar-refractivity contribution >= 4 is 11.9 Å². The maximum atomic E-state index is 10.4. The third-order valence-corrected chi connectivity index (χ3v) is 3.75. The zero-order chi connectivity index (χ0) is 17.3. The summed E-state index contributed by atoms with van der Waals surface area (Å²) in [5.74, 6) is -1.65. The van der Waals surface area contributed by atoms with E-state index >= 15 is 0 Å². The molecule has 0 fully saturated rings. The van der Waals surface area contributed by atoms with Crippen molar-refractivity contribution in [2.24, 2.45) is 0 Å². The molecule has 0 aliphatic heterocycles. The first-order valence-electron chi connectivity index (χ1n) is 8.79. The van der Waals surface area contributed by atoms with Gasteiger partial charge in [0.25, 0.3) is 0 Å². The van der Waals surface area contributed by atoms with Crippen molar-refractivity contribution in [2.45, 2.75) is 89.6 Å². The number of carbonyl (C=O) groups is 2. The van der Waals surface area contributed by atoms with Gasteiger partial charge in [-0.2, -0.15) is 0 Å². The van der Waals surface area contributed by atoms with Gasteiger partial charge in [-0.1, -0.05) is 44.3 Å². The van der Waals surface area contributed by atoms with Gasteiger partial charge in [0.1, 0.15) is 0 Å². The molecule has 0 aromatic rings. The Morgan fingerprint density at radius 1 is 0.739 bits per heavy atom. The number of carboxylic acids is 2. The number of aliphatic carboxylic acids is 2. The van der Waals surface area contributed by atoms with Gasteiger partial charge in [-0.25, -0.2) is 0 Å². The van der Waals surface area contributed by atoms with E-state index in [0.717, 1.165) is 64.2 Å². The maximum absolute atomic E-state index is 10.4. The van der Waals surface area contributed by atoms with Gasteiger partial charge in [0, 0.05) is 6.42 Å². The Bertz CT molecular complexity index is 338. The number of aliphatic hydroxyl groups excluding tert-OH is 1. The van der Waals surface area contributed by atoms with Crippen molar-refractivity contribution in [1.29, 1.82) is 0 Å². The van der Waals surface area contributed by atoms with E-state index in [1.165, 1.54) is 0 Å². The molecule has 5 heteroatoms. The number of aliphatic hydroxyl groups is 1. The topological polar surface area (TPSA) is 94.8 Å². The molecule has 0 aliphatic carbocycles. The Morgan fingerprint density at radius 3 is 1.83 bits per heavy atom. The van der Waals surface area contributed by atoms with Crippen LogP contribution in [-0.4, -0.2) is 33.4 Å². The summed E-state index contributed by atoms with van der Waals surface area (Å²) in [5.41, 5.74) is 0. The molecule has 0 saturated carbocycles. The minimum Gasteiger partial charge on any atom is -0.481 e. The third-order valence-electron chi connectivity index (χ3n) is 3.75. The molecule has 0 aliphatic rings. The molecule has 0 aromatic carbocycles.